The van der Waals surface area contributed by atoms with E-state index in [0.717, 1.165) is 25.9 Å². The molecule has 25 heavy (non-hydrogen) atoms. The molecule has 0 saturated carbocycles. The number of aromatic nitrogens is 4. The first kappa shape index (κ1) is 17.6. The molecule has 1 aromatic heterocycles. The molecule has 1 N–H and O–H groups in total. The van der Waals surface area contributed by atoms with Crippen LogP contribution < -0.4 is 10.3 Å². The molecule has 8 nitrogen and oxygen atoms in total. The zero-order valence-electron chi connectivity index (χ0n) is 13.4. The molecule has 1 saturated heterocycles. The van der Waals surface area contributed by atoms with Gasteiger partial charge in [0, 0.05) is 23.7 Å². The number of nitrogens with zero attached hydrogens (tertiary/aromatic N) is 6. The Morgan fingerprint density at radius 3 is 2.84 bits per heavy atom. The molecule has 0 spiro atoms. The lowest BCUT2D eigenvalue weighted by molar-refractivity contribution is -0.122. The Labute approximate surface area is 154 Å². The quantitative estimate of drug-likeness (QED) is 0.632. The second-order valence-electron chi connectivity index (χ2n) is 5.63. The maximum Gasteiger partial charge on any atom is 0.266 e. The molecule has 132 valence electrons. The molecule has 2 aromatic rings. The summed E-state index contributed by atoms with van der Waals surface area (Å²) in [6.45, 7) is 1.78. The third-order valence-electron chi connectivity index (χ3n) is 3.72. The minimum atomic E-state index is -0.357. The van der Waals surface area contributed by atoms with Gasteiger partial charge in [0.2, 0.25) is 0 Å². The second kappa shape index (κ2) is 8.26. The van der Waals surface area contributed by atoms with Crippen molar-refractivity contribution in [2.75, 3.05) is 18.0 Å². The monoisotopic (exact) mass is 381 g/mol. The molecule has 0 aliphatic carbocycles. The van der Waals surface area contributed by atoms with Crippen LogP contribution in [0.3, 0.4) is 0 Å². The lowest BCUT2D eigenvalue weighted by atomic mass is 10.1. The molecule has 0 unspecified atom stereocenters. The molecule has 0 radical (unpaired) electrons. The van der Waals surface area contributed by atoms with Crippen LogP contribution in [0.1, 0.15) is 24.8 Å². The van der Waals surface area contributed by atoms with Crippen molar-refractivity contribution < 1.29 is 4.79 Å². The molecule has 1 fully saturated rings. The number of nitrogens with one attached hydrogen (secondary N) is 1. The molecule has 1 amide bonds. The fourth-order valence-electron chi connectivity index (χ4n) is 2.47. The Kier molecular flexibility index (Phi) is 5.83. The number of hydrazone groups is 1. The van der Waals surface area contributed by atoms with Crippen LogP contribution in [0, 0.1) is 0 Å². The Bertz CT molecular complexity index is 771. The first-order chi connectivity index (χ1) is 12.1. The number of hydrogen-bond donors (Lipinski definition) is 1. The van der Waals surface area contributed by atoms with Gasteiger partial charge < -0.3 is 4.90 Å². The summed E-state index contributed by atoms with van der Waals surface area (Å²) in [6, 6.07) is 5.01. The van der Waals surface area contributed by atoms with E-state index in [1.807, 2.05) is 0 Å². The van der Waals surface area contributed by atoms with Crippen LogP contribution in [0.4, 0.5) is 5.95 Å². The van der Waals surface area contributed by atoms with Crippen molar-refractivity contribution in [3.05, 3.63) is 33.8 Å². The number of halogens is 2. The van der Waals surface area contributed by atoms with Gasteiger partial charge in [-0.15, -0.1) is 5.10 Å². The van der Waals surface area contributed by atoms with Crippen molar-refractivity contribution in [1.82, 2.24) is 25.6 Å². The van der Waals surface area contributed by atoms with Crippen molar-refractivity contribution in [2.24, 2.45) is 5.10 Å². The fraction of sp³-hybridized carbons (Fsp3) is 0.400. The van der Waals surface area contributed by atoms with Crippen molar-refractivity contribution in [3.63, 3.8) is 0 Å². The van der Waals surface area contributed by atoms with Crippen molar-refractivity contribution >= 4 is 41.3 Å². The van der Waals surface area contributed by atoms with Gasteiger partial charge in [-0.1, -0.05) is 34.4 Å². The second-order valence-corrected chi connectivity index (χ2v) is 6.47. The van der Waals surface area contributed by atoms with Crippen molar-refractivity contribution in [3.8, 4) is 0 Å². The number of tetrazole rings is 1. The van der Waals surface area contributed by atoms with Gasteiger partial charge in [0.25, 0.3) is 11.9 Å². The summed E-state index contributed by atoms with van der Waals surface area (Å²) < 4.78 is 0. The van der Waals surface area contributed by atoms with Gasteiger partial charge in [-0.2, -0.15) is 9.90 Å². The summed E-state index contributed by atoms with van der Waals surface area (Å²) >= 11 is 11.9. The number of carbonyl (C=O) groups is 1. The summed E-state index contributed by atoms with van der Waals surface area (Å²) in [4.78, 5) is 15.2. The average Bonchev–Trinajstić information content (AvgIpc) is 3.06. The van der Waals surface area contributed by atoms with E-state index in [4.69, 9.17) is 23.2 Å². The summed E-state index contributed by atoms with van der Waals surface area (Å²) in [5, 5.41) is 17.0. The number of amides is 1. The van der Waals surface area contributed by atoms with Crippen LogP contribution in [-0.4, -0.2) is 45.4 Å². The summed E-state index contributed by atoms with van der Waals surface area (Å²) in [7, 11) is 0. The summed E-state index contributed by atoms with van der Waals surface area (Å²) in [5.41, 5.74) is 3.06. The van der Waals surface area contributed by atoms with Gasteiger partial charge in [-0.3, -0.25) is 4.79 Å². The maximum atomic E-state index is 11.9. The third-order valence-corrected chi connectivity index (χ3v) is 4.28. The van der Waals surface area contributed by atoms with Gasteiger partial charge in [-0.05, 0) is 36.6 Å². The third kappa shape index (κ3) is 4.90. The highest BCUT2D eigenvalue weighted by Crippen LogP contribution is 2.19. The number of rotatable bonds is 5. The van der Waals surface area contributed by atoms with Gasteiger partial charge in [0.15, 0.2) is 0 Å². The molecule has 1 aliphatic heterocycles. The van der Waals surface area contributed by atoms with E-state index in [1.54, 1.807) is 18.2 Å². The zero-order valence-corrected chi connectivity index (χ0v) is 14.9. The van der Waals surface area contributed by atoms with Crippen molar-refractivity contribution in [2.45, 2.75) is 25.8 Å². The molecule has 0 atom stereocenters. The number of benzene rings is 1. The maximum absolute atomic E-state index is 11.9. The van der Waals surface area contributed by atoms with Gasteiger partial charge in [0.1, 0.15) is 6.54 Å². The molecular formula is C15H17Cl2N7O. The van der Waals surface area contributed by atoms with E-state index >= 15 is 0 Å². The standard InChI is InChI=1S/C15H17Cl2N7O/c16-12-5-4-11(13(17)8-12)9-18-19-14(25)10-24-21-15(20-22-24)23-6-2-1-3-7-23/h4-5,8-9H,1-3,6-7,10H2,(H,19,25)/b18-9+. The molecule has 0 bridgehead atoms. The molecule has 10 heteroatoms. The molecule has 3 rings (SSSR count). The highest BCUT2D eigenvalue weighted by Gasteiger charge is 2.16. The molecular weight excluding hydrogens is 365 g/mol. The molecule has 1 aromatic carbocycles. The molecule has 2 heterocycles. The van der Waals surface area contributed by atoms with E-state index in [1.165, 1.54) is 17.4 Å². The first-order valence-corrected chi connectivity index (χ1v) is 8.67. The first-order valence-electron chi connectivity index (χ1n) is 7.91. The largest absolute Gasteiger partial charge is 0.338 e. The van der Waals surface area contributed by atoms with Crippen LogP contribution in [0.5, 0.6) is 0 Å². The normalized spacial score (nSPS) is 14.9. The predicted molar refractivity (Wildman–Crippen MR) is 96.1 cm³/mol. The van der Waals surface area contributed by atoms with Crippen LogP contribution in [-0.2, 0) is 11.3 Å². The predicted octanol–water partition coefficient (Wildman–Crippen LogP) is 2.12. The van der Waals surface area contributed by atoms with Gasteiger partial charge in [0.05, 0.1) is 11.2 Å². The number of carbonyl (C=O) groups excluding carboxylic acids is 1. The average molecular weight is 382 g/mol. The lowest BCUT2D eigenvalue weighted by Gasteiger charge is -2.24. The highest BCUT2D eigenvalue weighted by molar-refractivity contribution is 6.36. The minimum Gasteiger partial charge on any atom is -0.338 e. The summed E-state index contributed by atoms with van der Waals surface area (Å²) in [6.07, 6.45) is 4.92. The summed E-state index contributed by atoms with van der Waals surface area (Å²) in [5.74, 6) is 0.202. The topological polar surface area (TPSA) is 88.3 Å². The van der Waals surface area contributed by atoms with Crippen LogP contribution in [0.15, 0.2) is 23.3 Å². The SMILES string of the molecule is O=C(Cn1nnc(N2CCCCC2)n1)N/N=C/c1ccc(Cl)cc1Cl. The zero-order chi connectivity index (χ0) is 17.6. The van der Waals surface area contributed by atoms with Crippen molar-refractivity contribution in [1.29, 1.82) is 0 Å². The Morgan fingerprint density at radius 2 is 2.08 bits per heavy atom. The van der Waals surface area contributed by atoms with Gasteiger partial charge in [-0.25, -0.2) is 5.43 Å². The minimum absolute atomic E-state index is 0.0630. The van der Waals surface area contributed by atoms with E-state index in [0.29, 0.717) is 21.6 Å². The number of hydrogen-bond acceptors (Lipinski definition) is 6. The molecule has 1 aliphatic rings. The highest BCUT2D eigenvalue weighted by atomic mass is 35.5. The number of piperidine rings is 1. The Hall–Kier alpha value is -2.19. The van der Waals surface area contributed by atoms with E-state index < -0.39 is 0 Å². The fourth-order valence-corrected chi connectivity index (χ4v) is 2.92. The van der Waals surface area contributed by atoms with Crippen LogP contribution in [0.25, 0.3) is 0 Å². The van der Waals surface area contributed by atoms with E-state index in [9.17, 15) is 4.79 Å². The Morgan fingerprint density at radius 1 is 1.28 bits per heavy atom. The van der Waals surface area contributed by atoms with E-state index in [2.05, 4.69) is 30.8 Å². The van der Waals surface area contributed by atoms with Crippen LogP contribution >= 0.6 is 23.2 Å². The lowest BCUT2D eigenvalue weighted by Crippen LogP contribution is -2.30. The van der Waals surface area contributed by atoms with Crippen LogP contribution in [0.2, 0.25) is 10.0 Å². The van der Waals surface area contributed by atoms with Gasteiger partial charge >= 0.3 is 0 Å². The smallest absolute Gasteiger partial charge is 0.266 e. The number of anilines is 1. The Balaban J connectivity index is 1.52. The van der Waals surface area contributed by atoms with E-state index in [-0.39, 0.29) is 12.5 Å².